The molecule has 0 aromatic heterocycles. The van der Waals surface area contributed by atoms with Gasteiger partial charge in [-0.05, 0) is 25.1 Å². The minimum atomic E-state index is -4.14. The molecule has 0 heterocycles. The molecular formula is C11H14BrNO6S. The summed E-state index contributed by atoms with van der Waals surface area (Å²) in [5.41, 5.74) is 0. The number of carbonyl (C=O) groups is 1. The lowest BCUT2D eigenvalue weighted by Crippen LogP contribution is -2.43. The molecule has 0 amide bonds. The summed E-state index contributed by atoms with van der Waals surface area (Å²) >= 11 is 3.14. The summed E-state index contributed by atoms with van der Waals surface area (Å²) in [7, 11) is -4.14. The van der Waals surface area contributed by atoms with Gasteiger partial charge in [-0.3, -0.25) is 4.79 Å². The third kappa shape index (κ3) is 4.17. The minimum Gasteiger partial charge on any atom is -0.492 e. The van der Waals surface area contributed by atoms with Crippen molar-refractivity contribution >= 4 is 31.9 Å². The van der Waals surface area contributed by atoms with Crippen LogP contribution in [0.1, 0.15) is 6.92 Å². The van der Waals surface area contributed by atoms with Crippen molar-refractivity contribution in [3.63, 3.8) is 0 Å². The smallest absolute Gasteiger partial charge is 0.324 e. The van der Waals surface area contributed by atoms with Crippen LogP contribution in [-0.2, 0) is 14.8 Å². The normalized spacial score (nSPS) is 12.9. The fourth-order valence-corrected chi connectivity index (χ4v) is 3.25. The van der Waals surface area contributed by atoms with Crippen molar-refractivity contribution in [2.45, 2.75) is 17.9 Å². The highest BCUT2D eigenvalue weighted by Crippen LogP contribution is 2.27. The number of aliphatic hydroxyl groups excluding tert-OH is 1. The molecule has 1 aromatic rings. The largest absolute Gasteiger partial charge is 0.492 e. The van der Waals surface area contributed by atoms with E-state index >= 15 is 0 Å². The summed E-state index contributed by atoms with van der Waals surface area (Å²) in [6.07, 6.45) is 0. The van der Waals surface area contributed by atoms with Crippen LogP contribution in [-0.4, -0.2) is 43.9 Å². The summed E-state index contributed by atoms with van der Waals surface area (Å²) in [5, 5.41) is 17.7. The van der Waals surface area contributed by atoms with Crippen LogP contribution >= 0.6 is 15.9 Å². The van der Waals surface area contributed by atoms with Gasteiger partial charge >= 0.3 is 5.97 Å². The van der Waals surface area contributed by atoms with Gasteiger partial charge in [0, 0.05) is 4.47 Å². The zero-order valence-corrected chi connectivity index (χ0v) is 12.9. The van der Waals surface area contributed by atoms with Crippen LogP contribution in [0.3, 0.4) is 0 Å². The van der Waals surface area contributed by atoms with E-state index in [0.29, 0.717) is 4.47 Å². The van der Waals surface area contributed by atoms with Gasteiger partial charge in [0.25, 0.3) is 0 Å². The van der Waals surface area contributed by atoms with E-state index in [9.17, 15) is 13.2 Å². The first-order chi connectivity index (χ1) is 9.31. The molecule has 20 heavy (non-hydrogen) atoms. The van der Waals surface area contributed by atoms with Crippen molar-refractivity contribution in [3.05, 3.63) is 22.7 Å². The second kappa shape index (κ2) is 7.02. The SMILES string of the molecule is CCOc1ccc(Br)cc1S(=O)(=O)N[C@@H](CO)C(=O)O. The summed E-state index contributed by atoms with van der Waals surface area (Å²) in [5.74, 6) is -1.37. The van der Waals surface area contributed by atoms with Crippen LogP contribution in [0.15, 0.2) is 27.6 Å². The number of benzene rings is 1. The number of carboxylic acid groups (broad SMARTS) is 1. The molecule has 1 atom stereocenters. The lowest BCUT2D eigenvalue weighted by molar-refractivity contribution is -0.139. The highest BCUT2D eigenvalue weighted by molar-refractivity contribution is 9.10. The van der Waals surface area contributed by atoms with E-state index in [1.54, 1.807) is 13.0 Å². The third-order valence-electron chi connectivity index (χ3n) is 2.27. The number of aliphatic hydroxyl groups is 1. The zero-order valence-electron chi connectivity index (χ0n) is 10.5. The number of hydrogen-bond acceptors (Lipinski definition) is 5. The molecule has 0 spiro atoms. The van der Waals surface area contributed by atoms with E-state index in [-0.39, 0.29) is 17.3 Å². The second-order valence-electron chi connectivity index (χ2n) is 3.72. The number of rotatable bonds is 7. The van der Waals surface area contributed by atoms with Crippen LogP contribution in [0.2, 0.25) is 0 Å². The van der Waals surface area contributed by atoms with Crippen LogP contribution in [0.25, 0.3) is 0 Å². The van der Waals surface area contributed by atoms with Gasteiger partial charge in [0.05, 0.1) is 13.2 Å². The van der Waals surface area contributed by atoms with Gasteiger partial charge in [-0.25, -0.2) is 8.42 Å². The van der Waals surface area contributed by atoms with Crippen molar-refractivity contribution in [2.24, 2.45) is 0 Å². The van der Waals surface area contributed by atoms with Crippen molar-refractivity contribution in [1.82, 2.24) is 4.72 Å². The number of hydrogen-bond donors (Lipinski definition) is 3. The van der Waals surface area contributed by atoms with Gasteiger partial charge in [-0.15, -0.1) is 0 Å². The van der Waals surface area contributed by atoms with Gasteiger partial charge in [-0.2, -0.15) is 4.72 Å². The fraction of sp³-hybridized carbons (Fsp3) is 0.364. The van der Waals surface area contributed by atoms with Gasteiger partial charge in [-0.1, -0.05) is 15.9 Å². The van der Waals surface area contributed by atoms with E-state index in [1.165, 1.54) is 12.1 Å². The average molecular weight is 368 g/mol. The lowest BCUT2D eigenvalue weighted by Gasteiger charge is -2.15. The monoisotopic (exact) mass is 367 g/mol. The molecule has 0 radical (unpaired) electrons. The molecular weight excluding hydrogens is 354 g/mol. The van der Waals surface area contributed by atoms with Crippen LogP contribution < -0.4 is 9.46 Å². The Hall–Kier alpha value is -1.16. The Kier molecular flexibility index (Phi) is 5.93. The van der Waals surface area contributed by atoms with Gasteiger partial charge in [0.1, 0.15) is 16.7 Å². The lowest BCUT2D eigenvalue weighted by atomic mass is 10.3. The van der Waals surface area contributed by atoms with E-state index in [4.69, 9.17) is 14.9 Å². The maximum absolute atomic E-state index is 12.2. The number of aliphatic carboxylic acids is 1. The first kappa shape index (κ1) is 16.9. The quantitative estimate of drug-likeness (QED) is 0.649. The molecule has 112 valence electrons. The summed E-state index contributed by atoms with van der Waals surface area (Å²) in [4.78, 5) is 10.6. The van der Waals surface area contributed by atoms with Crippen molar-refractivity contribution < 1.29 is 28.2 Å². The van der Waals surface area contributed by atoms with Gasteiger partial charge in [0.2, 0.25) is 10.0 Å². The summed E-state index contributed by atoms with van der Waals surface area (Å²) in [6, 6.07) is 2.74. The van der Waals surface area contributed by atoms with Gasteiger partial charge < -0.3 is 14.9 Å². The molecule has 1 aromatic carbocycles. The first-order valence-electron chi connectivity index (χ1n) is 5.60. The molecule has 3 N–H and O–H groups in total. The van der Waals surface area contributed by atoms with E-state index in [2.05, 4.69) is 15.9 Å². The Morgan fingerprint density at radius 1 is 1.50 bits per heavy atom. The third-order valence-corrected chi connectivity index (χ3v) is 4.26. The number of carboxylic acids is 1. The molecule has 0 aliphatic rings. The minimum absolute atomic E-state index is 0.102. The summed E-state index contributed by atoms with van der Waals surface area (Å²) in [6.45, 7) is 1.10. The molecule has 9 heteroatoms. The topological polar surface area (TPSA) is 113 Å². The van der Waals surface area contributed by atoms with E-state index < -0.39 is 28.6 Å². The number of halogens is 1. The van der Waals surface area contributed by atoms with Crippen molar-refractivity contribution in [1.29, 1.82) is 0 Å². The Bertz CT molecular complexity index is 589. The molecule has 0 aliphatic carbocycles. The maximum Gasteiger partial charge on any atom is 0.324 e. The molecule has 1 rings (SSSR count). The van der Waals surface area contributed by atoms with E-state index in [1.807, 2.05) is 4.72 Å². The Labute approximate surface area is 124 Å². The van der Waals surface area contributed by atoms with Gasteiger partial charge in [0.15, 0.2) is 0 Å². The molecule has 0 aliphatic heterocycles. The number of sulfonamides is 1. The van der Waals surface area contributed by atoms with Crippen molar-refractivity contribution in [2.75, 3.05) is 13.2 Å². The molecule has 0 unspecified atom stereocenters. The molecule has 0 saturated heterocycles. The predicted molar refractivity (Wildman–Crippen MR) is 74.1 cm³/mol. The molecule has 0 bridgehead atoms. The molecule has 0 fully saturated rings. The number of nitrogens with one attached hydrogen (secondary N) is 1. The standard InChI is InChI=1S/C11H14BrNO6S/c1-2-19-9-4-3-7(12)5-10(9)20(17,18)13-8(6-14)11(15)16/h3-5,8,13-14H,2,6H2,1H3,(H,15,16)/t8-/m0/s1. The highest BCUT2D eigenvalue weighted by Gasteiger charge is 2.27. The van der Waals surface area contributed by atoms with Crippen molar-refractivity contribution in [3.8, 4) is 5.75 Å². The Balaban J connectivity index is 3.20. The zero-order chi connectivity index (χ0) is 15.3. The first-order valence-corrected chi connectivity index (χ1v) is 7.87. The number of ether oxygens (including phenoxy) is 1. The van der Waals surface area contributed by atoms with E-state index in [0.717, 1.165) is 0 Å². The fourth-order valence-electron chi connectivity index (χ4n) is 1.38. The molecule has 7 nitrogen and oxygen atoms in total. The van der Waals surface area contributed by atoms with Crippen LogP contribution in [0.4, 0.5) is 0 Å². The highest BCUT2D eigenvalue weighted by atomic mass is 79.9. The molecule has 0 saturated carbocycles. The van der Waals surface area contributed by atoms with Crippen LogP contribution in [0, 0.1) is 0 Å². The maximum atomic E-state index is 12.2. The second-order valence-corrected chi connectivity index (χ2v) is 6.32. The summed E-state index contributed by atoms with van der Waals surface area (Å²) < 4.78 is 31.9. The van der Waals surface area contributed by atoms with Crippen LogP contribution in [0.5, 0.6) is 5.75 Å². The predicted octanol–water partition coefficient (Wildman–Crippen LogP) is 0.572. The Morgan fingerprint density at radius 3 is 2.65 bits per heavy atom. The Morgan fingerprint density at radius 2 is 2.15 bits per heavy atom. The average Bonchev–Trinajstić information content (AvgIpc) is 2.38.